The van der Waals surface area contributed by atoms with Crippen molar-refractivity contribution in [3.05, 3.63) is 29.7 Å². The Kier molecular flexibility index (Phi) is 6.87. The van der Waals surface area contributed by atoms with E-state index in [0.29, 0.717) is 16.1 Å². The van der Waals surface area contributed by atoms with Crippen molar-refractivity contribution in [2.45, 2.75) is 38.1 Å². The van der Waals surface area contributed by atoms with Crippen LogP contribution >= 0.6 is 11.3 Å². The van der Waals surface area contributed by atoms with E-state index in [0.717, 1.165) is 23.7 Å². The number of carbonyl (C=O) groups excluding carboxylic acids is 2. The van der Waals surface area contributed by atoms with E-state index < -0.39 is 21.7 Å². The molecule has 8 nitrogen and oxygen atoms in total. The second-order valence-electron chi connectivity index (χ2n) is 7.78. The molecular formula is C19H25FN4O4S2. The average molecular weight is 457 g/mol. The Morgan fingerprint density at radius 3 is 2.43 bits per heavy atom. The lowest BCUT2D eigenvalue weighted by molar-refractivity contribution is -0.132. The van der Waals surface area contributed by atoms with Gasteiger partial charge < -0.3 is 10.2 Å². The molecule has 0 fully saturated rings. The van der Waals surface area contributed by atoms with Gasteiger partial charge in [-0.1, -0.05) is 17.4 Å². The third-order valence-electron chi connectivity index (χ3n) is 4.39. The number of rotatable bonds is 5. The molecule has 11 heteroatoms. The molecule has 164 valence electrons. The van der Waals surface area contributed by atoms with Gasteiger partial charge in [0, 0.05) is 18.8 Å². The van der Waals surface area contributed by atoms with E-state index in [4.69, 9.17) is 0 Å². The van der Waals surface area contributed by atoms with Gasteiger partial charge in [-0.3, -0.25) is 10.1 Å². The van der Waals surface area contributed by atoms with E-state index in [2.05, 4.69) is 15.6 Å². The molecule has 0 unspecified atom stereocenters. The van der Waals surface area contributed by atoms with Crippen LogP contribution in [0.4, 0.5) is 14.3 Å². The van der Waals surface area contributed by atoms with Crippen molar-refractivity contribution < 1.29 is 22.4 Å². The Labute approximate surface area is 179 Å². The molecule has 1 aromatic carbocycles. The Morgan fingerprint density at radius 1 is 1.27 bits per heavy atom. The molecule has 30 heavy (non-hydrogen) atoms. The molecule has 3 amide bonds. The molecule has 0 atom stereocenters. The summed E-state index contributed by atoms with van der Waals surface area (Å²) in [6.45, 7) is 7.18. The first-order chi connectivity index (χ1) is 13.7. The van der Waals surface area contributed by atoms with Crippen LogP contribution < -0.4 is 10.6 Å². The highest BCUT2D eigenvalue weighted by atomic mass is 32.2. The van der Waals surface area contributed by atoms with Gasteiger partial charge in [-0.05, 0) is 45.4 Å². The normalized spacial score (nSPS) is 11.8. The number of halogens is 1. The Hall–Kier alpha value is -2.53. The largest absolute Gasteiger partial charge is 0.339 e. The molecule has 0 saturated heterocycles. The quantitative estimate of drug-likeness (QED) is 0.719. The summed E-state index contributed by atoms with van der Waals surface area (Å²) in [5.74, 6) is -1.09. The summed E-state index contributed by atoms with van der Waals surface area (Å²) < 4.78 is 37.3. The van der Waals surface area contributed by atoms with Crippen LogP contribution in [0.3, 0.4) is 0 Å². The lowest BCUT2D eigenvalue weighted by Crippen LogP contribution is -2.47. The number of nitrogens with one attached hydrogen (secondary N) is 2. The van der Waals surface area contributed by atoms with Gasteiger partial charge in [-0.25, -0.2) is 22.6 Å². The molecule has 0 saturated carbocycles. The number of nitrogens with zero attached hydrogens (tertiary/aromatic N) is 2. The van der Waals surface area contributed by atoms with Gasteiger partial charge in [0.25, 0.3) is 0 Å². The summed E-state index contributed by atoms with van der Waals surface area (Å²) in [5, 5.41) is 5.31. The Bertz CT molecular complexity index is 1070. The first-order valence-electron chi connectivity index (χ1n) is 8.99. The predicted molar refractivity (Wildman–Crippen MR) is 115 cm³/mol. The molecule has 0 aliphatic rings. The van der Waals surface area contributed by atoms with Crippen LogP contribution in [0.5, 0.6) is 0 Å². The van der Waals surface area contributed by atoms with Crippen molar-refractivity contribution in [3.63, 3.8) is 0 Å². The smallest absolute Gasteiger partial charge is 0.321 e. The van der Waals surface area contributed by atoms with Gasteiger partial charge in [0.15, 0.2) is 15.0 Å². The van der Waals surface area contributed by atoms with Crippen molar-refractivity contribution in [2.75, 3.05) is 25.2 Å². The number of hydrogen-bond donors (Lipinski definition) is 2. The summed E-state index contributed by atoms with van der Waals surface area (Å²) in [7, 11) is -2.01. The van der Waals surface area contributed by atoms with Gasteiger partial charge in [0.2, 0.25) is 5.91 Å². The van der Waals surface area contributed by atoms with E-state index in [-0.39, 0.29) is 28.0 Å². The first-order valence-corrected chi connectivity index (χ1v) is 11.7. The van der Waals surface area contributed by atoms with Crippen LogP contribution in [0.25, 0.3) is 10.4 Å². The van der Waals surface area contributed by atoms with Gasteiger partial charge >= 0.3 is 6.03 Å². The number of sulfone groups is 1. The van der Waals surface area contributed by atoms with Gasteiger partial charge in [0.1, 0.15) is 10.7 Å². The third kappa shape index (κ3) is 5.76. The number of aryl methyl sites for hydroxylation is 1. The zero-order valence-electron chi connectivity index (χ0n) is 17.7. The summed E-state index contributed by atoms with van der Waals surface area (Å²) in [6.07, 6.45) is 0.938. The highest BCUT2D eigenvalue weighted by Crippen LogP contribution is 2.34. The molecule has 2 N–H and O–H groups in total. The van der Waals surface area contributed by atoms with E-state index in [9.17, 15) is 22.4 Å². The van der Waals surface area contributed by atoms with Crippen LogP contribution in [0.1, 0.15) is 26.5 Å². The second-order valence-corrected chi connectivity index (χ2v) is 10.8. The molecule has 2 aromatic rings. The monoisotopic (exact) mass is 456 g/mol. The highest BCUT2D eigenvalue weighted by Gasteiger charge is 2.22. The number of amides is 3. The SMILES string of the molecule is Cc1nc(NC(=O)NCC(=O)N(C)C(C)(C)C)sc1-c1ccc(S(C)(=O)=O)c(F)c1. The Morgan fingerprint density at radius 2 is 1.90 bits per heavy atom. The topological polar surface area (TPSA) is 108 Å². The number of urea groups is 1. The summed E-state index contributed by atoms with van der Waals surface area (Å²) in [5.41, 5.74) is 0.633. The molecule has 0 bridgehead atoms. The number of benzene rings is 1. The molecule has 2 rings (SSSR count). The maximum absolute atomic E-state index is 14.2. The van der Waals surface area contributed by atoms with Crippen LogP contribution in [0.15, 0.2) is 23.1 Å². The number of likely N-dealkylation sites (N-methyl/N-ethyl adjacent to an activating group) is 1. The minimum absolute atomic E-state index is 0.172. The number of carbonyl (C=O) groups is 2. The second kappa shape index (κ2) is 8.68. The summed E-state index contributed by atoms with van der Waals surface area (Å²) in [4.78, 5) is 30.2. The molecule has 1 aromatic heterocycles. The van der Waals surface area contributed by atoms with E-state index in [1.807, 2.05) is 20.8 Å². The molecule has 0 spiro atoms. The standard InChI is InChI=1S/C19H25FN4O4S2/c1-11-16(12-7-8-14(13(20)9-12)30(6,27)28)29-18(22-11)23-17(26)21-10-15(25)24(5)19(2,3)4/h7-9H,10H2,1-6H3,(H2,21,22,23,26). The molecule has 0 radical (unpaired) electrons. The van der Waals surface area contributed by atoms with Crippen LogP contribution in [0, 0.1) is 12.7 Å². The lowest BCUT2D eigenvalue weighted by Gasteiger charge is -2.32. The zero-order valence-corrected chi connectivity index (χ0v) is 19.3. The fourth-order valence-corrected chi connectivity index (χ4v) is 4.14. The highest BCUT2D eigenvalue weighted by molar-refractivity contribution is 7.90. The molecule has 1 heterocycles. The van der Waals surface area contributed by atoms with Crippen molar-refractivity contribution in [2.24, 2.45) is 0 Å². The maximum Gasteiger partial charge on any atom is 0.321 e. The zero-order chi connectivity index (χ0) is 22.9. The molecular weight excluding hydrogens is 431 g/mol. The van der Waals surface area contributed by atoms with Crippen molar-refractivity contribution in [3.8, 4) is 10.4 Å². The summed E-state index contributed by atoms with van der Waals surface area (Å²) in [6, 6.07) is 3.23. The summed E-state index contributed by atoms with van der Waals surface area (Å²) >= 11 is 1.11. The number of thiazole rings is 1. The van der Waals surface area contributed by atoms with E-state index >= 15 is 0 Å². The van der Waals surface area contributed by atoms with Crippen LogP contribution in [-0.2, 0) is 14.6 Å². The number of anilines is 1. The fraction of sp³-hybridized carbons (Fsp3) is 0.421. The van der Waals surface area contributed by atoms with Crippen molar-refractivity contribution in [1.29, 1.82) is 0 Å². The van der Waals surface area contributed by atoms with Gasteiger partial charge in [-0.15, -0.1) is 0 Å². The van der Waals surface area contributed by atoms with Crippen LogP contribution in [0.2, 0.25) is 0 Å². The number of hydrogen-bond acceptors (Lipinski definition) is 6. The predicted octanol–water partition coefficient (Wildman–Crippen LogP) is 3.04. The van der Waals surface area contributed by atoms with E-state index in [1.165, 1.54) is 17.0 Å². The van der Waals surface area contributed by atoms with Crippen molar-refractivity contribution in [1.82, 2.24) is 15.2 Å². The van der Waals surface area contributed by atoms with Crippen molar-refractivity contribution >= 4 is 38.2 Å². The first kappa shape index (κ1) is 23.7. The van der Waals surface area contributed by atoms with Gasteiger partial charge in [-0.2, -0.15) is 0 Å². The Balaban J connectivity index is 2.09. The minimum atomic E-state index is -3.67. The average Bonchev–Trinajstić information content (AvgIpc) is 2.97. The number of aromatic nitrogens is 1. The fourth-order valence-electron chi connectivity index (χ4n) is 2.45. The molecule has 0 aliphatic carbocycles. The maximum atomic E-state index is 14.2. The third-order valence-corrected chi connectivity index (χ3v) is 6.64. The van der Waals surface area contributed by atoms with E-state index in [1.54, 1.807) is 14.0 Å². The van der Waals surface area contributed by atoms with Gasteiger partial charge in [0.05, 0.1) is 17.1 Å². The molecule has 0 aliphatic heterocycles. The lowest BCUT2D eigenvalue weighted by atomic mass is 10.1. The van der Waals surface area contributed by atoms with Crippen LogP contribution in [-0.4, -0.2) is 55.6 Å². The minimum Gasteiger partial charge on any atom is -0.339 e.